The molecule has 0 saturated heterocycles. The van der Waals surface area contributed by atoms with E-state index in [2.05, 4.69) is 22.5 Å². The highest BCUT2D eigenvalue weighted by Gasteiger charge is 2.10. The van der Waals surface area contributed by atoms with Crippen molar-refractivity contribution in [3.8, 4) is 5.75 Å². The number of nitrogens with one attached hydrogen (secondary N) is 3. The molecule has 0 aliphatic carbocycles. The molecule has 0 fully saturated rings. The summed E-state index contributed by atoms with van der Waals surface area (Å²) in [5, 5.41) is 18.5. The van der Waals surface area contributed by atoms with Gasteiger partial charge >= 0.3 is 0 Å². The van der Waals surface area contributed by atoms with E-state index in [0.717, 1.165) is 28.8 Å². The molecule has 3 rings (SSSR count). The standard InChI is InChI=1S/C19H20N4O3S/c1-12-16(17-11-15(26-2)7-8-18(17)21-12)9-10-20-19(27)22-13-3-5-14(6-4-13)23(24)25/h3-8,11,21H,9-10H2,1-2H3,(H2,20,22,27). The van der Waals surface area contributed by atoms with E-state index in [1.54, 1.807) is 19.2 Å². The summed E-state index contributed by atoms with van der Waals surface area (Å²) in [6, 6.07) is 12.1. The van der Waals surface area contributed by atoms with E-state index in [0.29, 0.717) is 17.3 Å². The number of H-pyrrole nitrogens is 1. The van der Waals surface area contributed by atoms with Crippen molar-refractivity contribution in [1.29, 1.82) is 0 Å². The van der Waals surface area contributed by atoms with Gasteiger partial charge < -0.3 is 20.4 Å². The van der Waals surface area contributed by atoms with Gasteiger partial charge in [0.2, 0.25) is 0 Å². The van der Waals surface area contributed by atoms with Crippen LogP contribution < -0.4 is 15.4 Å². The average molecular weight is 384 g/mol. The number of non-ortho nitro benzene ring substituents is 1. The number of hydrogen-bond acceptors (Lipinski definition) is 4. The molecule has 27 heavy (non-hydrogen) atoms. The first-order valence-corrected chi connectivity index (χ1v) is 8.83. The number of thiocarbonyl (C=S) groups is 1. The van der Waals surface area contributed by atoms with Gasteiger partial charge in [-0.25, -0.2) is 0 Å². The Labute approximate surface area is 161 Å². The molecule has 3 aromatic rings. The maximum atomic E-state index is 10.7. The van der Waals surface area contributed by atoms with Crippen molar-refractivity contribution in [2.24, 2.45) is 0 Å². The minimum atomic E-state index is -0.432. The van der Waals surface area contributed by atoms with Gasteiger partial charge in [0.15, 0.2) is 5.11 Å². The lowest BCUT2D eigenvalue weighted by Gasteiger charge is -2.10. The Morgan fingerprint density at radius 1 is 1.26 bits per heavy atom. The fourth-order valence-electron chi connectivity index (χ4n) is 2.95. The first-order valence-electron chi connectivity index (χ1n) is 8.42. The van der Waals surface area contributed by atoms with Gasteiger partial charge in [-0.15, -0.1) is 0 Å². The van der Waals surface area contributed by atoms with Gasteiger partial charge in [-0.1, -0.05) is 0 Å². The molecule has 1 heterocycles. The van der Waals surface area contributed by atoms with Crippen LogP contribution in [0.5, 0.6) is 5.75 Å². The highest BCUT2D eigenvalue weighted by Crippen LogP contribution is 2.26. The number of rotatable bonds is 6. The third-order valence-corrected chi connectivity index (χ3v) is 4.57. The molecule has 0 atom stereocenters. The number of fused-ring (bicyclic) bond motifs is 1. The number of aryl methyl sites for hydroxylation is 1. The molecule has 0 amide bonds. The zero-order valence-electron chi connectivity index (χ0n) is 15.0. The maximum Gasteiger partial charge on any atom is 0.269 e. The highest BCUT2D eigenvalue weighted by atomic mass is 32.1. The van der Waals surface area contributed by atoms with Crippen LogP contribution in [0.3, 0.4) is 0 Å². The number of methoxy groups -OCH3 is 1. The van der Waals surface area contributed by atoms with Crippen LogP contribution in [0.4, 0.5) is 11.4 Å². The Kier molecular flexibility index (Phi) is 5.56. The predicted octanol–water partition coefficient (Wildman–Crippen LogP) is 3.92. The minimum Gasteiger partial charge on any atom is -0.497 e. The Morgan fingerprint density at radius 2 is 2.00 bits per heavy atom. The van der Waals surface area contributed by atoms with E-state index < -0.39 is 4.92 Å². The third-order valence-electron chi connectivity index (χ3n) is 4.32. The summed E-state index contributed by atoms with van der Waals surface area (Å²) in [6.07, 6.45) is 0.793. The molecule has 3 N–H and O–H groups in total. The van der Waals surface area contributed by atoms with E-state index in [-0.39, 0.29) is 5.69 Å². The van der Waals surface area contributed by atoms with Crippen LogP contribution in [0.1, 0.15) is 11.3 Å². The van der Waals surface area contributed by atoms with Crippen molar-refractivity contribution < 1.29 is 9.66 Å². The van der Waals surface area contributed by atoms with Crippen molar-refractivity contribution in [3.63, 3.8) is 0 Å². The highest BCUT2D eigenvalue weighted by molar-refractivity contribution is 7.80. The van der Waals surface area contributed by atoms with Gasteiger partial charge in [-0.3, -0.25) is 10.1 Å². The Hall–Kier alpha value is -3.13. The lowest BCUT2D eigenvalue weighted by atomic mass is 10.1. The van der Waals surface area contributed by atoms with Crippen LogP contribution in [0.25, 0.3) is 10.9 Å². The van der Waals surface area contributed by atoms with E-state index >= 15 is 0 Å². The molecule has 0 radical (unpaired) electrons. The molecule has 2 aromatic carbocycles. The number of aromatic amines is 1. The number of benzene rings is 2. The number of nitrogens with zero attached hydrogens (tertiary/aromatic N) is 1. The van der Waals surface area contributed by atoms with Gasteiger partial charge in [-0.2, -0.15) is 0 Å². The molecule has 8 heteroatoms. The molecule has 0 bridgehead atoms. The average Bonchev–Trinajstić information content (AvgIpc) is 2.96. The molecular formula is C19H20N4O3S. The second-order valence-corrected chi connectivity index (χ2v) is 6.48. The Morgan fingerprint density at radius 3 is 2.67 bits per heavy atom. The van der Waals surface area contributed by atoms with Gasteiger partial charge in [0.1, 0.15) is 5.75 Å². The van der Waals surface area contributed by atoms with Gasteiger partial charge in [0.05, 0.1) is 12.0 Å². The number of nitro benzene ring substituents is 1. The predicted molar refractivity (Wildman–Crippen MR) is 111 cm³/mol. The topological polar surface area (TPSA) is 92.2 Å². The summed E-state index contributed by atoms with van der Waals surface area (Å²) in [7, 11) is 1.66. The zero-order valence-corrected chi connectivity index (χ0v) is 15.9. The summed E-state index contributed by atoms with van der Waals surface area (Å²) < 4.78 is 5.32. The summed E-state index contributed by atoms with van der Waals surface area (Å²) in [4.78, 5) is 13.6. The number of ether oxygens (including phenoxy) is 1. The summed E-state index contributed by atoms with van der Waals surface area (Å²) in [6.45, 7) is 2.71. The molecular weight excluding hydrogens is 364 g/mol. The molecule has 0 aliphatic heterocycles. The van der Waals surface area contributed by atoms with E-state index in [9.17, 15) is 10.1 Å². The minimum absolute atomic E-state index is 0.0460. The molecule has 1 aromatic heterocycles. The molecule has 140 valence electrons. The van der Waals surface area contributed by atoms with Gasteiger partial charge in [-0.05, 0) is 61.5 Å². The summed E-state index contributed by atoms with van der Waals surface area (Å²) >= 11 is 5.30. The number of nitro groups is 1. The Bertz CT molecular complexity index is 983. The van der Waals surface area contributed by atoms with Crippen LogP contribution >= 0.6 is 12.2 Å². The van der Waals surface area contributed by atoms with Gasteiger partial charge in [0.25, 0.3) is 5.69 Å². The molecule has 0 aliphatic rings. The number of hydrogen-bond donors (Lipinski definition) is 3. The molecule has 7 nitrogen and oxygen atoms in total. The Balaban J connectivity index is 1.59. The smallest absolute Gasteiger partial charge is 0.269 e. The van der Waals surface area contributed by atoms with Crippen LogP contribution in [0, 0.1) is 17.0 Å². The van der Waals surface area contributed by atoms with Crippen LogP contribution in [-0.2, 0) is 6.42 Å². The first kappa shape index (κ1) is 18.7. The lowest BCUT2D eigenvalue weighted by Crippen LogP contribution is -2.30. The van der Waals surface area contributed by atoms with E-state index in [1.165, 1.54) is 17.7 Å². The van der Waals surface area contributed by atoms with E-state index in [1.807, 2.05) is 18.2 Å². The molecule has 0 spiro atoms. The SMILES string of the molecule is COc1ccc2[nH]c(C)c(CCNC(=S)Nc3ccc([N+](=O)[O-])cc3)c2c1. The van der Waals surface area contributed by atoms with Gasteiger partial charge in [0, 0.05) is 41.0 Å². The normalized spacial score (nSPS) is 10.6. The van der Waals surface area contributed by atoms with Crippen molar-refractivity contribution in [2.45, 2.75) is 13.3 Å². The summed E-state index contributed by atoms with van der Waals surface area (Å²) in [5.41, 5.74) is 4.16. The monoisotopic (exact) mass is 384 g/mol. The largest absolute Gasteiger partial charge is 0.497 e. The number of anilines is 1. The number of aromatic nitrogens is 1. The second kappa shape index (κ2) is 8.05. The van der Waals surface area contributed by atoms with Crippen LogP contribution in [-0.4, -0.2) is 28.7 Å². The lowest BCUT2D eigenvalue weighted by molar-refractivity contribution is -0.384. The van der Waals surface area contributed by atoms with Crippen molar-refractivity contribution in [1.82, 2.24) is 10.3 Å². The fraction of sp³-hybridized carbons (Fsp3) is 0.211. The van der Waals surface area contributed by atoms with Crippen molar-refractivity contribution in [2.75, 3.05) is 19.0 Å². The second-order valence-electron chi connectivity index (χ2n) is 6.07. The van der Waals surface area contributed by atoms with Crippen molar-refractivity contribution >= 4 is 39.6 Å². The molecule has 0 unspecified atom stereocenters. The summed E-state index contributed by atoms with van der Waals surface area (Å²) in [5.74, 6) is 0.825. The fourth-order valence-corrected chi connectivity index (χ4v) is 3.17. The van der Waals surface area contributed by atoms with E-state index in [4.69, 9.17) is 17.0 Å². The third kappa shape index (κ3) is 4.35. The maximum absolute atomic E-state index is 10.7. The first-order chi connectivity index (χ1) is 13.0. The quantitative estimate of drug-likeness (QED) is 0.339. The molecule has 0 saturated carbocycles. The van der Waals surface area contributed by atoms with Crippen LogP contribution in [0.15, 0.2) is 42.5 Å². The van der Waals surface area contributed by atoms with Crippen LogP contribution in [0.2, 0.25) is 0 Å². The zero-order chi connectivity index (χ0) is 19.4. The van der Waals surface area contributed by atoms with Crippen molar-refractivity contribution in [3.05, 3.63) is 63.8 Å².